The van der Waals surface area contributed by atoms with E-state index in [0.29, 0.717) is 0 Å². The maximum Gasteiger partial charge on any atom is 0.122 e. The summed E-state index contributed by atoms with van der Waals surface area (Å²) in [6.45, 7) is 2.94. The summed E-state index contributed by atoms with van der Waals surface area (Å²) in [5, 5.41) is 0. The van der Waals surface area contributed by atoms with Crippen molar-refractivity contribution in [2.45, 2.75) is 57.5 Å². The molecule has 1 saturated heterocycles. The second-order valence-corrected chi connectivity index (χ2v) is 5.45. The summed E-state index contributed by atoms with van der Waals surface area (Å²) in [7, 11) is 0. The Labute approximate surface area is 92.4 Å². The van der Waals surface area contributed by atoms with Crippen LogP contribution in [0.25, 0.3) is 0 Å². The van der Waals surface area contributed by atoms with Gasteiger partial charge in [-0.25, -0.2) is 0 Å². The van der Waals surface area contributed by atoms with Crippen LogP contribution in [0.5, 0.6) is 0 Å². The zero-order valence-corrected chi connectivity index (χ0v) is 9.71. The quantitative estimate of drug-likeness (QED) is 0.669. The number of rotatable bonds is 3. The van der Waals surface area contributed by atoms with Gasteiger partial charge < -0.3 is 9.53 Å². The predicted octanol–water partition coefficient (Wildman–Crippen LogP) is 2.95. The second-order valence-electron chi connectivity index (χ2n) is 5.45. The summed E-state index contributed by atoms with van der Waals surface area (Å²) in [5.74, 6) is 0.948. The van der Waals surface area contributed by atoms with Crippen molar-refractivity contribution in [3.8, 4) is 0 Å². The van der Waals surface area contributed by atoms with Crippen molar-refractivity contribution in [2.24, 2.45) is 11.8 Å². The SMILES string of the molecule is CC(C=O)CC1CCOC2(CCCC2)C1. The molecule has 2 fully saturated rings. The van der Waals surface area contributed by atoms with E-state index in [-0.39, 0.29) is 11.5 Å². The van der Waals surface area contributed by atoms with Gasteiger partial charge in [0.15, 0.2) is 0 Å². The van der Waals surface area contributed by atoms with E-state index in [1.807, 2.05) is 6.92 Å². The topological polar surface area (TPSA) is 26.3 Å². The molecule has 1 saturated carbocycles. The fraction of sp³-hybridized carbons (Fsp3) is 0.923. The largest absolute Gasteiger partial charge is 0.375 e. The number of carbonyl (C=O) groups excluding carboxylic acids is 1. The number of aldehydes is 1. The molecule has 2 aliphatic rings. The maximum absolute atomic E-state index is 10.7. The highest BCUT2D eigenvalue weighted by Gasteiger charge is 2.39. The van der Waals surface area contributed by atoms with Crippen molar-refractivity contribution >= 4 is 6.29 Å². The van der Waals surface area contributed by atoms with E-state index in [1.54, 1.807) is 0 Å². The van der Waals surface area contributed by atoms with Crippen LogP contribution < -0.4 is 0 Å². The molecule has 0 aromatic rings. The molecule has 1 aliphatic carbocycles. The minimum atomic E-state index is 0.214. The Bertz CT molecular complexity index is 219. The van der Waals surface area contributed by atoms with Gasteiger partial charge in [-0.3, -0.25) is 0 Å². The van der Waals surface area contributed by atoms with Gasteiger partial charge in [0, 0.05) is 12.5 Å². The molecular weight excluding hydrogens is 188 g/mol. The third-order valence-corrected chi connectivity index (χ3v) is 4.05. The van der Waals surface area contributed by atoms with E-state index in [1.165, 1.54) is 32.1 Å². The van der Waals surface area contributed by atoms with Crippen molar-refractivity contribution in [3.05, 3.63) is 0 Å². The molecule has 2 rings (SSSR count). The van der Waals surface area contributed by atoms with Crippen LogP contribution >= 0.6 is 0 Å². The second kappa shape index (κ2) is 4.65. The van der Waals surface area contributed by atoms with Crippen LogP contribution in [0.3, 0.4) is 0 Å². The molecule has 0 N–H and O–H groups in total. The zero-order valence-electron chi connectivity index (χ0n) is 9.71. The number of carbonyl (C=O) groups is 1. The van der Waals surface area contributed by atoms with Crippen LogP contribution in [0.4, 0.5) is 0 Å². The summed E-state index contributed by atoms with van der Waals surface area (Å²) in [5.41, 5.74) is 0.214. The highest BCUT2D eigenvalue weighted by Crippen LogP contribution is 2.43. The van der Waals surface area contributed by atoms with E-state index in [4.69, 9.17) is 4.74 Å². The van der Waals surface area contributed by atoms with Crippen molar-refractivity contribution in [2.75, 3.05) is 6.61 Å². The number of hydrogen-bond donors (Lipinski definition) is 0. The van der Waals surface area contributed by atoms with Crippen LogP contribution in [0.15, 0.2) is 0 Å². The molecule has 2 nitrogen and oxygen atoms in total. The van der Waals surface area contributed by atoms with Gasteiger partial charge in [0.05, 0.1) is 5.60 Å². The van der Waals surface area contributed by atoms with Crippen LogP contribution in [-0.4, -0.2) is 18.5 Å². The first-order valence-corrected chi connectivity index (χ1v) is 6.33. The molecule has 0 radical (unpaired) electrons. The average molecular weight is 210 g/mol. The molecule has 2 heteroatoms. The Kier molecular flexibility index (Phi) is 3.45. The lowest BCUT2D eigenvalue weighted by molar-refractivity contribution is -0.114. The van der Waals surface area contributed by atoms with Crippen molar-refractivity contribution in [1.82, 2.24) is 0 Å². The van der Waals surface area contributed by atoms with Gasteiger partial charge in [0.1, 0.15) is 6.29 Å². The van der Waals surface area contributed by atoms with E-state index in [9.17, 15) is 4.79 Å². The Hall–Kier alpha value is -0.370. The Morgan fingerprint density at radius 1 is 1.47 bits per heavy atom. The predicted molar refractivity (Wildman–Crippen MR) is 59.7 cm³/mol. The first-order chi connectivity index (χ1) is 7.24. The van der Waals surface area contributed by atoms with E-state index >= 15 is 0 Å². The molecule has 0 aromatic carbocycles. The van der Waals surface area contributed by atoms with E-state index in [0.717, 1.165) is 31.7 Å². The molecule has 0 amide bonds. The normalized spacial score (nSPS) is 31.7. The van der Waals surface area contributed by atoms with Gasteiger partial charge in [0.25, 0.3) is 0 Å². The third kappa shape index (κ3) is 2.60. The van der Waals surface area contributed by atoms with Gasteiger partial charge in [-0.1, -0.05) is 19.8 Å². The average Bonchev–Trinajstić information content (AvgIpc) is 2.66. The van der Waals surface area contributed by atoms with E-state index < -0.39 is 0 Å². The minimum absolute atomic E-state index is 0.214. The number of hydrogen-bond acceptors (Lipinski definition) is 2. The first kappa shape index (κ1) is 11.1. The molecular formula is C13H22O2. The van der Waals surface area contributed by atoms with Crippen LogP contribution in [0.1, 0.15) is 51.9 Å². The van der Waals surface area contributed by atoms with Crippen LogP contribution in [0.2, 0.25) is 0 Å². The molecule has 1 aliphatic heterocycles. The fourth-order valence-electron chi connectivity index (χ4n) is 3.28. The molecule has 2 unspecified atom stereocenters. The Morgan fingerprint density at radius 2 is 2.20 bits per heavy atom. The highest BCUT2D eigenvalue weighted by atomic mass is 16.5. The Morgan fingerprint density at radius 3 is 2.87 bits per heavy atom. The zero-order chi connectivity index (χ0) is 10.7. The lowest BCUT2D eigenvalue weighted by Gasteiger charge is -2.38. The molecule has 0 aromatic heterocycles. The molecule has 2 atom stereocenters. The Balaban J connectivity index is 1.89. The van der Waals surface area contributed by atoms with E-state index in [2.05, 4.69) is 0 Å². The first-order valence-electron chi connectivity index (χ1n) is 6.33. The maximum atomic E-state index is 10.7. The van der Waals surface area contributed by atoms with Crippen molar-refractivity contribution < 1.29 is 9.53 Å². The van der Waals surface area contributed by atoms with Crippen LogP contribution in [0, 0.1) is 11.8 Å². The fourth-order valence-corrected chi connectivity index (χ4v) is 3.28. The third-order valence-electron chi connectivity index (χ3n) is 4.05. The van der Waals surface area contributed by atoms with Gasteiger partial charge in [0.2, 0.25) is 0 Å². The van der Waals surface area contributed by atoms with Crippen molar-refractivity contribution in [1.29, 1.82) is 0 Å². The summed E-state index contributed by atoms with van der Waals surface area (Å²) < 4.78 is 5.98. The standard InChI is InChI=1S/C13H22O2/c1-11(10-14)8-12-4-7-15-13(9-12)5-2-3-6-13/h10-12H,2-9H2,1H3. The lowest BCUT2D eigenvalue weighted by Crippen LogP contribution is -2.37. The molecule has 86 valence electrons. The summed E-state index contributed by atoms with van der Waals surface area (Å²) in [6, 6.07) is 0. The highest BCUT2D eigenvalue weighted by molar-refractivity contribution is 5.52. The van der Waals surface area contributed by atoms with Gasteiger partial charge in [-0.05, 0) is 38.0 Å². The van der Waals surface area contributed by atoms with Crippen molar-refractivity contribution in [3.63, 3.8) is 0 Å². The number of ether oxygens (including phenoxy) is 1. The molecule has 0 bridgehead atoms. The smallest absolute Gasteiger partial charge is 0.122 e. The van der Waals surface area contributed by atoms with Gasteiger partial charge in [-0.2, -0.15) is 0 Å². The molecule has 1 heterocycles. The monoisotopic (exact) mass is 210 g/mol. The van der Waals surface area contributed by atoms with Gasteiger partial charge >= 0.3 is 0 Å². The minimum Gasteiger partial charge on any atom is -0.375 e. The van der Waals surface area contributed by atoms with Crippen LogP contribution in [-0.2, 0) is 9.53 Å². The molecule has 1 spiro atoms. The summed E-state index contributed by atoms with van der Waals surface area (Å²) >= 11 is 0. The summed E-state index contributed by atoms with van der Waals surface area (Å²) in [6.07, 6.45) is 9.67. The molecule has 15 heavy (non-hydrogen) atoms. The van der Waals surface area contributed by atoms with Gasteiger partial charge in [-0.15, -0.1) is 0 Å². The lowest BCUT2D eigenvalue weighted by atomic mass is 9.80. The summed E-state index contributed by atoms with van der Waals surface area (Å²) in [4.78, 5) is 10.7.